The van der Waals surface area contributed by atoms with Gasteiger partial charge in [0.25, 0.3) is 5.56 Å². The van der Waals surface area contributed by atoms with E-state index in [-0.39, 0.29) is 11.3 Å². The van der Waals surface area contributed by atoms with E-state index in [1.54, 1.807) is 0 Å². The molecule has 30 heavy (non-hydrogen) atoms. The zero-order chi connectivity index (χ0) is 22.3. The van der Waals surface area contributed by atoms with Gasteiger partial charge >= 0.3 is 12.4 Å². The molecule has 0 aliphatic rings. The maximum absolute atomic E-state index is 14.0. The van der Waals surface area contributed by atoms with Crippen molar-refractivity contribution >= 4 is 5.65 Å². The van der Waals surface area contributed by atoms with Crippen LogP contribution in [0.25, 0.3) is 16.8 Å². The molecule has 3 rings (SSSR count). The zero-order valence-electron chi connectivity index (χ0n) is 14.9. The van der Waals surface area contributed by atoms with Crippen LogP contribution in [0, 0.1) is 5.82 Å². The molecular weight excluding hydrogens is 425 g/mol. The maximum atomic E-state index is 14.0. The fraction of sp³-hybridized carbons (Fsp3) is 0.222. The van der Waals surface area contributed by atoms with Crippen LogP contribution in [0.5, 0.6) is 11.5 Å². The Morgan fingerprint density at radius 2 is 1.70 bits per heavy atom. The lowest BCUT2D eigenvalue weighted by Gasteiger charge is -2.15. The number of hydrogen-bond acceptors (Lipinski definition) is 4. The highest BCUT2D eigenvalue weighted by Gasteiger charge is 2.38. The van der Waals surface area contributed by atoms with Gasteiger partial charge in [0.15, 0.2) is 23.9 Å². The monoisotopic (exact) mass is 436 g/mol. The van der Waals surface area contributed by atoms with Gasteiger partial charge in [-0.05, 0) is 17.7 Å². The molecule has 0 atom stereocenters. The molecular formula is C18H11F7N2O3. The van der Waals surface area contributed by atoms with E-state index >= 15 is 0 Å². The second-order valence-electron chi connectivity index (χ2n) is 5.98. The number of fused-ring (bicyclic) bond motifs is 1. The Kier molecular flexibility index (Phi) is 5.35. The Balaban J connectivity index is 2.17. The molecule has 0 bridgehead atoms. The summed E-state index contributed by atoms with van der Waals surface area (Å²) in [5, 5.41) is 0. The van der Waals surface area contributed by atoms with Gasteiger partial charge in [-0.1, -0.05) is 12.1 Å². The smallest absolute Gasteiger partial charge is 0.434 e. The van der Waals surface area contributed by atoms with E-state index < -0.39 is 53.0 Å². The van der Waals surface area contributed by atoms with Crippen molar-refractivity contribution in [3.63, 3.8) is 0 Å². The molecule has 5 nitrogen and oxygen atoms in total. The van der Waals surface area contributed by atoms with E-state index in [2.05, 4.69) is 14.5 Å². The van der Waals surface area contributed by atoms with Crippen LogP contribution in [-0.2, 0) is 6.18 Å². The molecule has 0 fully saturated rings. The summed E-state index contributed by atoms with van der Waals surface area (Å²) in [7, 11) is 1.09. The van der Waals surface area contributed by atoms with E-state index in [1.807, 2.05) is 0 Å². The molecule has 2 heterocycles. The first-order valence-corrected chi connectivity index (χ1v) is 8.08. The minimum atomic E-state index is -5.05. The third-order valence-corrected chi connectivity index (χ3v) is 3.91. The molecule has 0 N–H and O–H groups in total. The lowest BCUT2D eigenvalue weighted by atomic mass is 10.0. The molecule has 0 saturated carbocycles. The predicted molar refractivity (Wildman–Crippen MR) is 90.0 cm³/mol. The van der Waals surface area contributed by atoms with Crippen LogP contribution in [-0.4, -0.2) is 29.3 Å². The zero-order valence-corrected chi connectivity index (χ0v) is 14.9. The van der Waals surface area contributed by atoms with Crippen molar-refractivity contribution in [1.29, 1.82) is 0 Å². The van der Waals surface area contributed by atoms with E-state index in [0.29, 0.717) is 10.6 Å². The Morgan fingerprint density at radius 3 is 2.23 bits per heavy atom. The molecule has 0 aliphatic heterocycles. The van der Waals surface area contributed by atoms with Crippen LogP contribution in [0.1, 0.15) is 5.69 Å². The summed E-state index contributed by atoms with van der Waals surface area (Å²) in [5.74, 6) is -1.68. The average Bonchev–Trinajstić information content (AvgIpc) is 2.65. The van der Waals surface area contributed by atoms with Crippen molar-refractivity contribution < 1.29 is 40.2 Å². The first kappa shape index (κ1) is 21.4. The van der Waals surface area contributed by atoms with Gasteiger partial charge in [-0.25, -0.2) is 9.37 Å². The quantitative estimate of drug-likeness (QED) is 0.567. The summed E-state index contributed by atoms with van der Waals surface area (Å²) >= 11 is 0. The molecule has 12 heteroatoms. The Bertz CT molecular complexity index is 1140. The summed E-state index contributed by atoms with van der Waals surface area (Å²) in [6, 6.07) is 4.75. The standard InChI is InChI=1S/C18H11F7N2O3/c1-29-12-6-13-26-15(18(23,24)25)14(16(28)27(13)7-11(12)19)9-2-4-10(5-3-9)30-8-17(20,21)22/h2-7H,8H2,1H3. The topological polar surface area (TPSA) is 52.8 Å². The number of ether oxygens (including phenoxy) is 2. The van der Waals surface area contributed by atoms with Gasteiger partial charge in [0.2, 0.25) is 0 Å². The van der Waals surface area contributed by atoms with Crippen LogP contribution in [0.4, 0.5) is 30.7 Å². The second-order valence-corrected chi connectivity index (χ2v) is 5.98. The van der Waals surface area contributed by atoms with Gasteiger partial charge in [0.1, 0.15) is 11.4 Å². The summed E-state index contributed by atoms with van der Waals surface area (Å²) in [6.07, 6.45) is -9.02. The summed E-state index contributed by atoms with van der Waals surface area (Å²) in [6.45, 7) is -1.60. The van der Waals surface area contributed by atoms with Gasteiger partial charge in [-0.2, -0.15) is 26.3 Å². The van der Waals surface area contributed by atoms with E-state index in [0.717, 1.165) is 37.4 Å². The largest absolute Gasteiger partial charge is 0.493 e. The minimum absolute atomic E-state index is 0.269. The number of hydrogen-bond donors (Lipinski definition) is 0. The highest BCUT2D eigenvalue weighted by Crippen LogP contribution is 2.35. The SMILES string of the molecule is COc1cc2nc(C(F)(F)F)c(-c3ccc(OCC(F)(F)F)cc3)c(=O)n2cc1F. The van der Waals surface area contributed by atoms with E-state index in [4.69, 9.17) is 0 Å². The summed E-state index contributed by atoms with van der Waals surface area (Å²) < 4.78 is 101. The molecule has 1 aromatic carbocycles. The van der Waals surface area contributed by atoms with Crippen molar-refractivity contribution in [2.45, 2.75) is 12.4 Å². The van der Waals surface area contributed by atoms with Crippen LogP contribution in [0.3, 0.4) is 0 Å². The number of alkyl halides is 6. The van der Waals surface area contributed by atoms with Crippen molar-refractivity contribution in [2.75, 3.05) is 13.7 Å². The number of nitrogens with zero attached hydrogens (tertiary/aromatic N) is 2. The number of rotatable bonds is 4. The maximum Gasteiger partial charge on any atom is 0.434 e. The van der Waals surface area contributed by atoms with Crippen molar-refractivity contribution in [2.24, 2.45) is 0 Å². The van der Waals surface area contributed by atoms with E-state index in [1.165, 1.54) is 0 Å². The first-order chi connectivity index (χ1) is 13.9. The number of aromatic nitrogens is 2. The molecule has 0 spiro atoms. The second kappa shape index (κ2) is 7.50. The van der Waals surface area contributed by atoms with Crippen LogP contribution in [0.15, 0.2) is 41.3 Å². The number of methoxy groups -OCH3 is 1. The molecule has 160 valence electrons. The fourth-order valence-electron chi connectivity index (χ4n) is 2.64. The Morgan fingerprint density at radius 1 is 1.07 bits per heavy atom. The fourth-order valence-corrected chi connectivity index (χ4v) is 2.64. The third kappa shape index (κ3) is 4.31. The molecule has 0 unspecified atom stereocenters. The van der Waals surface area contributed by atoms with Gasteiger partial charge in [0, 0.05) is 6.07 Å². The van der Waals surface area contributed by atoms with E-state index in [9.17, 15) is 35.5 Å². The number of halogens is 7. The lowest BCUT2D eigenvalue weighted by Crippen LogP contribution is -2.24. The highest BCUT2D eigenvalue weighted by molar-refractivity contribution is 5.68. The molecule has 2 aromatic heterocycles. The lowest BCUT2D eigenvalue weighted by molar-refractivity contribution is -0.153. The van der Waals surface area contributed by atoms with Crippen molar-refractivity contribution in [1.82, 2.24) is 9.38 Å². The van der Waals surface area contributed by atoms with Crippen molar-refractivity contribution in [3.05, 3.63) is 58.4 Å². The highest BCUT2D eigenvalue weighted by atomic mass is 19.4. The normalized spacial score (nSPS) is 12.3. The predicted octanol–water partition coefficient (Wildman–Crippen LogP) is 4.47. The molecule has 0 saturated heterocycles. The van der Waals surface area contributed by atoms with Gasteiger partial charge in [-0.15, -0.1) is 0 Å². The average molecular weight is 436 g/mol. The van der Waals surface area contributed by atoms with Crippen LogP contribution < -0.4 is 15.0 Å². The molecule has 0 radical (unpaired) electrons. The number of pyridine rings is 1. The number of benzene rings is 1. The Hall–Kier alpha value is -3.31. The van der Waals surface area contributed by atoms with Gasteiger partial charge in [0.05, 0.1) is 18.9 Å². The molecule has 3 aromatic rings. The Labute approximate surface area is 163 Å². The van der Waals surface area contributed by atoms with Crippen LogP contribution in [0.2, 0.25) is 0 Å². The molecule has 0 aliphatic carbocycles. The molecule has 0 amide bonds. The minimum Gasteiger partial charge on any atom is -0.493 e. The summed E-state index contributed by atoms with van der Waals surface area (Å²) in [4.78, 5) is 16.2. The summed E-state index contributed by atoms with van der Waals surface area (Å²) in [5.41, 5.74) is -4.45. The van der Waals surface area contributed by atoms with Crippen molar-refractivity contribution in [3.8, 4) is 22.6 Å². The van der Waals surface area contributed by atoms with Crippen LogP contribution >= 0.6 is 0 Å². The third-order valence-electron chi connectivity index (χ3n) is 3.91. The first-order valence-electron chi connectivity index (χ1n) is 8.08. The van der Waals surface area contributed by atoms with Gasteiger partial charge in [-0.3, -0.25) is 9.20 Å². The van der Waals surface area contributed by atoms with Gasteiger partial charge < -0.3 is 9.47 Å².